The summed E-state index contributed by atoms with van der Waals surface area (Å²) < 4.78 is 5.50. The van der Waals surface area contributed by atoms with Gasteiger partial charge in [-0.3, -0.25) is 0 Å². The van der Waals surface area contributed by atoms with Gasteiger partial charge in [0.2, 0.25) is 0 Å². The fourth-order valence-electron chi connectivity index (χ4n) is 1.63. The Morgan fingerprint density at radius 3 is 2.58 bits per heavy atom. The van der Waals surface area contributed by atoms with Gasteiger partial charge in [-0.1, -0.05) is 25.5 Å². The number of carboxylic acid groups (broad SMARTS) is 1. The molecule has 0 radical (unpaired) electrons. The predicted molar refractivity (Wildman–Crippen MR) is 74.1 cm³/mol. The van der Waals surface area contributed by atoms with Crippen molar-refractivity contribution in [2.24, 2.45) is 0 Å². The number of ether oxygens (including phenoxy) is 1. The van der Waals surface area contributed by atoms with E-state index in [2.05, 4.69) is 0 Å². The minimum Gasteiger partial charge on any atom is -0.493 e. The molecule has 4 nitrogen and oxygen atoms in total. The van der Waals surface area contributed by atoms with E-state index in [0.717, 1.165) is 30.2 Å². The van der Waals surface area contributed by atoms with Gasteiger partial charge in [0.15, 0.2) is 0 Å². The highest BCUT2D eigenvalue weighted by atomic mass is 16.5. The van der Waals surface area contributed by atoms with Crippen LogP contribution in [0.4, 0.5) is 0 Å². The lowest BCUT2D eigenvalue weighted by Crippen LogP contribution is -2.11. The Bertz CT molecular complexity index is 409. The van der Waals surface area contributed by atoms with Gasteiger partial charge in [-0.2, -0.15) is 0 Å². The van der Waals surface area contributed by atoms with Crippen LogP contribution in [-0.4, -0.2) is 28.9 Å². The number of aliphatic hydroxyl groups is 1. The minimum atomic E-state index is -0.967. The average Bonchev–Trinajstić information content (AvgIpc) is 2.38. The molecule has 1 rings (SSSR count). The summed E-state index contributed by atoms with van der Waals surface area (Å²) in [6.07, 6.45) is 4.69. The molecule has 0 bridgehead atoms. The van der Waals surface area contributed by atoms with Crippen molar-refractivity contribution in [2.45, 2.75) is 32.3 Å². The number of aliphatic hydroxyl groups excluding tert-OH is 1. The maximum absolute atomic E-state index is 10.4. The molecule has 1 aromatic rings. The van der Waals surface area contributed by atoms with Crippen molar-refractivity contribution in [3.8, 4) is 5.75 Å². The van der Waals surface area contributed by atoms with Crippen molar-refractivity contribution in [1.29, 1.82) is 0 Å². The maximum Gasteiger partial charge on any atom is 0.328 e. The molecule has 0 heterocycles. The van der Waals surface area contributed by atoms with Crippen LogP contribution in [0.2, 0.25) is 0 Å². The summed E-state index contributed by atoms with van der Waals surface area (Å²) in [7, 11) is 0. The molecule has 0 aromatic heterocycles. The van der Waals surface area contributed by atoms with Gasteiger partial charge in [-0.05, 0) is 30.2 Å². The molecule has 0 saturated carbocycles. The van der Waals surface area contributed by atoms with Crippen molar-refractivity contribution in [3.63, 3.8) is 0 Å². The van der Waals surface area contributed by atoms with E-state index in [-0.39, 0.29) is 6.10 Å². The van der Waals surface area contributed by atoms with Gasteiger partial charge in [-0.25, -0.2) is 4.79 Å². The zero-order valence-electron chi connectivity index (χ0n) is 11.1. The largest absolute Gasteiger partial charge is 0.493 e. The van der Waals surface area contributed by atoms with E-state index >= 15 is 0 Å². The number of carbonyl (C=O) groups is 1. The van der Waals surface area contributed by atoms with Crippen LogP contribution >= 0.6 is 0 Å². The normalized spacial score (nSPS) is 12.5. The molecule has 0 aliphatic carbocycles. The first kappa shape index (κ1) is 15.2. The summed E-state index contributed by atoms with van der Waals surface area (Å²) in [5, 5.41) is 18.1. The van der Waals surface area contributed by atoms with Gasteiger partial charge < -0.3 is 14.9 Å². The molecule has 0 saturated heterocycles. The fourth-order valence-corrected chi connectivity index (χ4v) is 1.63. The smallest absolute Gasteiger partial charge is 0.328 e. The van der Waals surface area contributed by atoms with Gasteiger partial charge in [-0.15, -0.1) is 0 Å². The molecule has 0 aliphatic heterocycles. The molecule has 0 amide bonds. The van der Waals surface area contributed by atoms with Crippen LogP contribution in [0.1, 0.15) is 31.7 Å². The number of benzene rings is 1. The summed E-state index contributed by atoms with van der Waals surface area (Å²) in [4.78, 5) is 10.4. The second-order valence-corrected chi connectivity index (χ2v) is 4.32. The third-order valence-electron chi connectivity index (χ3n) is 2.64. The van der Waals surface area contributed by atoms with Gasteiger partial charge >= 0.3 is 5.97 Å². The van der Waals surface area contributed by atoms with Crippen LogP contribution in [0.15, 0.2) is 30.3 Å². The van der Waals surface area contributed by atoms with E-state index in [1.807, 2.05) is 6.92 Å². The van der Waals surface area contributed by atoms with Crippen molar-refractivity contribution >= 4 is 12.0 Å². The lowest BCUT2D eigenvalue weighted by atomic mass is 10.1. The summed E-state index contributed by atoms with van der Waals surface area (Å²) in [5.41, 5.74) is 0.806. The van der Waals surface area contributed by atoms with Crippen molar-refractivity contribution in [2.75, 3.05) is 6.61 Å². The quantitative estimate of drug-likeness (QED) is 0.708. The molecule has 104 valence electrons. The lowest BCUT2D eigenvalue weighted by Gasteiger charge is -2.10. The molecule has 2 N–H and O–H groups in total. The first-order valence-electron chi connectivity index (χ1n) is 6.43. The Labute approximate surface area is 113 Å². The molecule has 0 fully saturated rings. The van der Waals surface area contributed by atoms with Gasteiger partial charge in [0.25, 0.3) is 0 Å². The van der Waals surface area contributed by atoms with Crippen molar-refractivity contribution < 1.29 is 19.7 Å². The highest BCUT2D eigenvalue weighted by Gasteiger charge is 2.02. The highest BCUT2D eigenvalue weighted by molar-refractivity contribution is 5.85. The summed E-state index contributed by atoms with van der Waals surface area (Å²) in [6, 6.07) is 7.15. The molecule has 19 heavy (non-hydrogen) atoms. The Balaban J connectivity index is 2.38. The van der Waals surface area contributed by atoms with E-state index in [1.165, 1.54) is 6.08 Å². The topological polar surface area (TPSA) is 66.8 Å². The predicted octanol–water partition coefficient (Wildman–Crippen LogP) is 2.71. The number of carboxylic acids is 1. The molecular formula is C15H20O4. The van der Waals surface area contributed by atoms with E-state index in [1.54, 1.807) is 24.3 Å². The van der Waals surface area contributed by atoms with E-state index in [0.29, 0.717) is 13.0 Å². The van der Waals surface area contributed by atoms with Crippen LogP contribution in [0.25, 0.3) is 6.08 Å². The summed E-state index contributed by atoms with van der Waals surface area (Å²) >= 11 is 0. The highest BCUT2D eigenvalue weighted by Crippen LogP contribution is 2.14. The Hall–Kier alpha value is -1.81. The SMILES string of the molecule is CCCC(O)CCOc1ccc(C=CC(=O)O)cc1. The average molecular weight is 264 g/mol. The fraction of sp³-hybridized carbons (Fsp3) is 0.400. The first-order valence-corrected chi connectivity index (χ1v) is 6.43. The summed E-state index contributed by atoms with van der Waals surface area (Å²) in [5.74, 6) is -0.249. The zero-order valence-corrected chi connectivity index (χ0v) is 11.1. The second kappa shape index (κ2) is 8.32. The van der Waals surface area contributed by atoms with Gasteiger partial charge in [0, 0.05) is 12.5 Å². The molecule has 0 aliphatic rings. The monoisotopic (exact) mass is 264 g/mol. The number of hydrogen-bond acceptors (Lipinski definition) is 3. The van der Waals surface area contributed by atoms with E-state index in [9.17, 15) is 9.90 Å². The van der Waals surface area contributed by atoms with Gasteiger partial charge in [0.05, 0.1) is 12.7 Å². The summed E-state index contributed by atoms with van der Waals surface area (Å²) in [6.45, 7) is 2.51. The van der Waals surface area contributed by atoms with Crippen LogP contribution < -0.4 is 4.74 Å². The molecule has 1 atom stereocenters. The van der Waals surface area contributed by atoms with E-state index < -0.39 is 5.97 Å². The Kier molecular flexibility index (Phi) is 6.68. The molecule has 0 spiro atoms. The van der Waals surface area contributed by atoms with Crippen molar-refractivity contribution in [1.82, 2.24) is 0 Å². The molecular weight excluding hydrogens is 244 g/mol. The lowest BCUT2D eigenvalue weighted by molar-refractivity contribution is -0.131. The minimum absolute atomic E-state index is 0.303. The first-order chi connectivity index (χ1) is 9.11. The third kappa shape index (κ3) is 6.62. The standard InChI is InChI=1S/C15H20O4/c1-2-3-13(16)10-11-19-14-7-4-12(5-8-14)6-9-15(17)18/h4-9,13,16H,2-3,10-11H2,1H3,(H,17,18). The Morgan fingerprint density at radius 2 is 2.00 bits per heavy atom. The Morgan fingerprint density at radius 1 is 1.32 bits per heavy atom. The van der Waals surface area contributed by atoms with Crippen LogP contribution in [0.5, 0.6) is 5.75 Å². The van der Waals surface area contributed by atoms with Gasteiger partial charge in [0.1, 0.15) is 5.75 Å². The number of hydrogen-bond donors (Lipinski definition) is 2. The number of aliphatic carboxylic acids is 1. The van der Waals surface area contributed by atoms with Crippen molar-refractivity contribution in [3.05, 3.63) is 35.9 Å². The number of rotatable bonds is 8. The molecule has 4 heteroatoms. The molecule has 1 aromatic carbocycles. The maximum atomic E-state index is 10.4. The second-order valence-electron chi connectivity index (χ2n) is 4.32. The van der Waals surface area contributed by atoms with Crippen LogP contribution in [0, 0.1) is 0 Å². The zero-order chi connectivity index (χ0) is 14.1. The van der Waals surface area contributed by atoms with Crippen LogP contribution in [0.3, 0.4) is 0 Å². The molecule has 1 unspecified atom stereocenters. The third-order valence-corrected chi connectivity index (χ3v) is 2.64. The van der Waals surface area contributed by atoms with Crippen LogP contribution in [-0.2, 0) is 4.79 Å². The van der Waals surface area contributed by atoms with E-state index in [4.69, 9.17) is 9.84 Å².